The number of aryl methyl sites for hydroxylation is 2. The third-order valence-electron chi connectivity index (χ3n) is 3.50. The van der Waals surface area contributed by atoms with Gasteiger partial charge in [0.15, 0.2) is 0 Å². The third-order valence-corrected chi connectivity index (χ3v) is 4.76. The van der Waals surface area contributed by atoms with Crippen molar-refractivity contribution in [1.29, 1.82) is 0 Å². The van der Waals surface area contributed by atoms with Crippen molar-refractivity contribution in [2.75, 3.05) is 0 Å². The van der Waals surface area contributed by atoms with Crippen LogP contribution >= 0.6 is 11.3 Å². The van der Waals surface area contributed by atoms with Crippen LogP contribution in [-0.4, -0.2) is 5.21 Å². The number of allylic oxidation sites excluding steroid dienone is 1. The van der Waals surface area contributed by atoms with Gasteiger partial charge in [-0.05, 0) is 38.2 Å². The average molecular weight is 265 g/mol. The van der Waals surface area contributed by atoms with Crippen LogP contribution in [0.2, 0.25) is 0 Å². The van der Waals surface area contributed by atoms with Gasteiger partial charge in [-0.25, -0.2) is 0 Å². The first kappa shape index (κ1) is 13.6. The molecule has 0 aromatic carbocycles. The summed E-state index contributed by atoms with van der Waals surface area (Å²) in [6.45, 7) is 2.25. The number of nitrogens with one attached hydrogen (secondary N) is 1. The largest absolute Gasteiger partial charge is 0.291 e. The Balaban J connectivity index is 2.02. The second kappa shape index (κ2) is 6.95. The lowest BCUT2D eigenvalue weighted by Gasteiger charge is -2.02. The van der Waals surface area contributed by atoms with Gasteiger partial charge in [0, 0.05) is 15.3 Å². The number of hydroxylamine groups is 1. The molecule has 1 aliphatic carbocycles. The molecule has 2 nitrogen and oxygen atoms in total. The Hall–Kier alpha value is -0.800. The van der Waals surface area contributed by atoms with Gasteiger partial charge in [-0.15, -0.1) is 11.3 Å². The van der Waals surface area contributed by atoms with E-state index in [-0.39, 0.29) is 0 Å². The summed E-state index contributed by atoms with van der Waals surface area (Å²) in [7, 11) is 0. The van der Waals surface area contributed by atoms with Crippen molar-refractivity contribution in [3.8, 4) is 0 Å². The van der Waals surface area contributed by atoms with Gasteiger partial charge in [0.1, 0.15) is 0 Å². The number of hydrogen-bond acceptors (Lipinski definition) is 3. The number of thiophene rings is 1. The summed E-state index contributed by atoms with van der Waals surface area (Å²) < 4.78 is 0. The normalized spacial score (nSPS) is 14.9. The van der Waals surface area contributed by atoms with Crippen LogP contribution in [0.3, 0.4) is 0 Å². The minimum atomic E-state index is 0.901. The van der Waals surface area contributed by atoms with E-state index in [1.54, 1.807) is 0 Å². The molecule has 18 heavy (non-hydrogen) atoms. The van der Waals surface area contributed by atoms with Crippen molar-refractivity contribution in [2.45, 2.75) is 58.3 Å². The maximum Gasteiger partial charge on any atom is 0.0645 e. The lowest BCUT2D eigenvalue weighted by molar-refractivity contribution is 0.224. The van der Waals surface area contributed by atoms with Crippen LogP contribution in [0.15, 0.2) is 12.1 Å². The molecular weight excluding hydrogens is 242 g/mol. The lowest BCUT2D eigenvalue weighted by atomic mass is 10.1. The zero-order chi connectivity index (χ0) is 12.8. The fourth-order valence-electron chi connectivity index (χ4n) is 2.47. The van der Waals surface area contributed by atoms with Crippen LogP contribution in [0.4, 0.5) is 0 Å². The minimum Gasteiger partial charge on any atom is -0.291 e. The van der Waals surface area contributed by atoms with Crippen molar-refractivity contribution in [3.05, 3.63) is 27.5 Å². The average Bonchev–Trinajstić information content (AvgIpc) is 2.69. The highest BCUT2D eigenvalue weighted by atomic mass is 32.1. The maximum absolute atomic E-state index is 9.20. The lowest BCUT2D eigenvalue weighted by Crippen LogP contribution is -2.05. The first-order chi connectivity index (χ1) is 8.85. The molecule has 100 valence electrons. The Bertz CT molecular complexity index is 409. The van der Waals surface area contributed by atoms with Crippen molar-refractivity contribution < 1.29 is 5.21 Å². The summed E-state index contributed by atoms with van der Waals surface area (Å²) >= 11 is 1.93. The molecule has 2 rings (SSSR count). The van der Waals surface area contributed by atoms with Gasteiger partial charge < -0.3 is 0 Å². The molecule has 0 atom stereocenters. The monoisotopic (exact) mass is 265 g/mol. The van der Waals surface area contributed by atoms with Gasteiger partial charge in [0.05, 0.1) is 5.70 Å². The molecule has 0 unspecified atom stereocenters. The molecule has 1 aromatic heterocycles. The fraction of sp³-hybridized carbons (Fsp3) is 0.600. The van der Waals surface area contributed by atoms with E-state index in [0.717, 1.165) is 18.5 Å². The highest BCUT2D eigenvalue weighted by Gasteiger charge is 2.14. The van der Waals surface area contributed by atoms with Crippen LogP contribution in [0, 0.1) is 0 Å². The molecule has 0 saturated heterocycles. The van der Waals surface area contributed by atoms with Crippen LogP contribution in [-0.2, 0) is 12.8 Å². The SMILES string of the molecule is CCCCCCc1cc2c(s1)CCCC=C2NO. The number of rotatable bonds is 6. The Morgan fingerprint density at radius 2 is 2.22 bits per heavy atom. The Kier molecular flexibility index (Phi) is 5.26. The Morgan fingerprint density at radius 1 is 1.33 bits per heavy atom. The maximum atomic E-state index is 9.20. The summed E-state index contributed by atoms with van der Waals surface area (Å²) in [6, 6.07) is 2.27. The second-order valence-electron chi connectivity index (χ2n) is 4.98. The number of unbranched alkanes of at least 4 members (excludes halogenated alkanes) is 3. The van der Waals surface area contributed by atoms with Gasteiger partial charge in [-0.1, -0.05) is 32.3 Å². The predicted octanol–water partition coefficient (Wildman–Crippen LogP) is 4.53. The molecule has 0 fully saturated rings. The van der Waals surface area contributed by atoms with Crippen molar-refractivity contribution in [2.24, 2.45) is 0 Å². The molecule has 0 radical (unpaired) electrons. The van der Waals surface area contributed by atoms with Crippen LogP contribution in [0.25, 0.3) is 5.70 Å². The first-order valence-corrected chi connectivity index (χ1v) is 7.89. The minimum absolute atomic E-state index is 0.901. The molecule has 2 N–H and O–H groups in total. The van der Waals surface area contributed by atoms with E-state index in [0.29, 0.717) is 0 Å². The van der Waals surface area contributed by atoms with E-state index in [4.69, 9.17) is 0 Å². The quantitative estimate of drug-likeness (QED) is 0.585. The Morgan fingerprint density at radius 3 is 3.00 bits per heavy atom. The van der Waals surface area contributed by atoms with Gasteiger partial charge in [-0.2, -0.15) is 0 Å². The van der Waals surface area contributed by atoms with Gasteiger partial charge in [-0.3, -0.25) is 10.7 Å². The molecule has 0 bridgehead atoms. The highest BCUT2D eigenvalue weighted by molar-refractivity contribution is 7.12. The van der Waals surface area contributed by atoms with E-state index in [2.05, 4.69) is 24.5 Å². The molecule has 1 heterocycles. The Labute approximate surface area is 114 Å². The second-order valence-corrected chi connectivity index (χ2v) is 6.20. The molecule has 1 aliphatic rings. The zero-order valence-electron chi connectivity index (χ0n) is 11.2. The number of fused-ring (bicyclic) bond motifs is 1. The fourth-order valence-corrected chi connectivity index (χ4v) is 3.74. The molecular formula is C15H23NOS. The van der Waals surface area contributed by atoms with Crippen molar-refractivity contribution >= 4 is 17.0 Å². The topological polar surface area (TPSA) is 32.3 Å². The highest BCUT2D eigenvalue weighted by Crippen LogP contribution is 2.32. The van der Waals surface area contributed by atoms with Crippen LogP contribution < -0.4 is 5.48 Å². The van der Waals surface area contributed by atoms with Crippen molar-refractivity contribution in [1.82, 2.24) is 5.48 Å². The van der Waals surface area contributed by atoms with E-state index < -0.39 is 0 Å². The zero-order valence-corrected chi connectivity index (χ0v) is 12.0. The summed E-state index contributed by atoms with van der Waals surface area (Å²) in [6.07, 6.45) is 12.0. The third kappa shape index (κ3) is 3.36. The molecule has 0 spiro atoms. The smallest absolute Gasteiger partial charge is 0.0645 e. The van der Waals surface area contributed by atoms with Gasteiger partial charge in [0.25, 0.3) is 0 Å². The van der Waals surface area contributed by atoms with E-state index in [1.165, 1.54) is 53.8 Å². The predicted molar refractivity (Wildman–Crippen MR) is 78.0 cm³/mol. The van der Waals surface area contributed by atoms with E-state index in [9.17, 15) is 5.21 Å². The molecule has 0 amide bonds. The first-order valence-electron chi connectivity index (χ1n) is 7.07. The number of hydrogen-bond donors (Lipinski definition) is 2. The van der Waals surface area contributed by atoms with E-state index in [1.807, 2.05) is 11.3 Å². The van der Waals surface area contributed by atoms with E-state index >= 15 is 0 Å². The standard InChI is InChI=1S/C15H23NOS/c1-2-3-4-5-8-12-11-13-14(16-17)9-6-7-10-15(13)18-12/h9,11,16-17H,2-8,10H2,1H3. The summed E-state index contributed by atoms with van der Waals surface area (Å²) in [5, 5.41) is 9.20. The van der Waals surface area contributed by atoms with Crippen LogP contribution in [0.5, 0.6) is 0 Å². The van der Waals surface area contributed by atoms with Crippen molar-refractivity contribution in [3.63, 3.8) is 0 Å². The van der Waals surface area contributed by atoms with Gasteiger partial charge >= 0.3 is 0 Å². The summed E-state index contributed by atoms with van der Waals surface area (Å²) in [4.78, 5) is 2.91. The molecule has 3 heteroatoms. The van der Waals surface area contributed by atoms with Gasteiger partial charge in [0.2, 0.25) is 0 Å². The summed E-state index contributed by atoms with van der Waals surface area (Å²) in [5.41, 5.74) is 4.49. The molecule has 0 aliphatic heterocycles. The summed E-state index contributed by atoms with van der Waals surface area (Å²) in [5.74, 6) is 0. The molecule has 1 aromatic rings. The van der Waals surface area contributed by atoms with Crippen LogP contribution in [0.1, 0.15) is 60.8 Å². The molecule has 0 saturated carbocycles.